The van der Waals surface area contributed by atoms with Crippen molar-refractivity contribution in [3.63, 3.8) is 0 Å². The number of benzene rings is 1. The summed E-state index contributed by atoms with van der Waals surface area (Å²) in [6.07, 6.45) is 2.83. The molecule has 5 heteroatoms. The summed E-state index contributed by atoms with van der Waals surface area (Å²) in [6.45, 7) is 0. The Kier molecular flexibility index (Phi) is 3.00. The first-order chi connectivity index (χ1) is 7.25. The molecule has 2 rings (SSSR count). The van der Waals surface area contributed by atoms with Crippen molar-refractivity contribution in [2.75, 3.05) is 5.32 Å². The van der Waals surface area contributed by atoms with Crippen molar-refractivity contribution in [1.29, 1.82) is 0 Å². The predicted octanol–water partition coefficient (Wildman–Crippen LogP) is 2.53. The van der Waals surface area contributed by atoms with E-state index < -0.39 is 0 Å². The number of hydrogen-bond acceptors (Lipinski definition) is 3. The molecule has 15 heavy (non-hydrogen) atoms. The zero-order chi connectivity index (χ0) is 10.7. The van der Waals surface area contributed by atoms with Gasteiger partial charge in [-0.3, -0.25) is 4.79 Å². The molecule has 2 aromatic rings. The largest absolute Gasteiger partial charge is 0.363 e. The summed E-state index contributed by atoms with van der Waals surface area (Å²) in [7, 11) is 0. The minimum absolute atomic E-state index is 0.172. The fourth-order valence-electron chi connectivity index (χ4n) is 1.07. The lowest BCUT2D eigenvalue weighted by Gasteiger charge is -2.01. The molecule has 0 spiro atoms. The van der Waals surface area contributed by atoms with Crippen molar-refractivity contribution in [1.82, 2.24) is 5.16 Å². The van der Waals surface area contributed by atoms with Crippen molar-refractivity contribution in [3.05, 3.63) is 45.9 Å². The van der Waals surface area contributed by atoms with Crippen LogP contribution in [-0.4, -0.2) is 11.1 Å². The molecular formula is C10H7IN2O2. The number of anilines is 1. The van der Waals surface area contributed by atoms with Gasteiger partial charge in [-0.1, -0.05) is 5.16 Å². The Balaban J connectivity index is 2.11. The van der Waals surface area contributed by atoms with Crippen LogP contribution in [0.2, 0.25) is 0 Å². The highest BCUT2D eigenvalue weighted by atomic mass is 127. The molecule has 4 nitrogen and oxygen atoms in total. The number of carbonyl (C=O) groups excluding carboxylic acids is 1. The number of amides is 1. The third kappa shape index (κ3) is 2.56. The molecule has 0 saturated heterocycles. The fourth-order valence-corrected chi connectivity index (χ4v) is 1.43. The van der Waals surface area contributed by atoms with Gasteiger partial charge in [0, 0.05) is 9.13 Å². The molecule has 0 unspecified atom stereocenters. The smallest absolute Gasteiger partial charge is 0.255 e. The van der Waals surface area contributed by atoms with Gasteiger partial charge in [-0.05, 0) is 46.9 Å². The zero-order valence-electron chi connectivity index (χ0n) is 7.61. The second-order valence-electron chi connectivity index (χ2n) is 2.87. The van der Waals surface area contributed by atoms with E-state index in [2.05, 4.69) is 37.6 Å². The van der Waals surface area contributed by atoms with Gasteiger partial charge in [0.05, 0.1) is 6.20 Å². The summed E-state index contributed by atoms with van der Waals surface area (Å²) in [5, 5.41) is 6.15. The van der Waals surface area contributed by atoms with E-state index in [0.29, 0.717) is 11.3 Å². The molecule has 0 aliphatic heterocycles. The van der Waals surface area contributed by atoms with E-state index in [0.717, 1.165) is 3.57 Å². The third-order valence-electron chi connectivity index (χ3n) is 1.80. The SMILES string of the molecule is O=C(Nc1cnoc1)c1ccc(I)cc1. The highest BCUT2D eigenvalue weighted by Gasteiger charge is 2.06. The Morgan fingerprint density at radius 3 is 2.67 bits per heavy atom. The Morgan fingerprint density at radius 1 is 1.33 bits per heavy atom. The predicted molar refractivity (Wildman–Crippen MR) is 63.6 cm³/mol. The first kappa shape index (κ1) is 10.2. The Hall–Kier alpha value is -1.37. The second-order valence-corrected chi connectivity index (χ2v) is 4.12. The molecule has 1 aromatic heterocycles. The van der Waals surface area contributed by atoms with Gasteiger partial charge in [0.15, 0.2) is 0 Å². The number of nitrogens with zero attached hydrogens (tertiary/aromatic N) is 1. The molecule has 0 radical (unpaired) electrons. The van der Waals surface area contributed by atoms with Crippen LogP contribution in [0.15, 0.2) is 41.2 Å². The number of nitrogens with one attached hydrogen (secondary N) is 1. The van der Waals surface area contributed by atoms with Crippen LogP contribution in [0.5, 0.6) is 0 Å². The summed E-state index contributed by atoms with van der Waals surface area (Å²) in [6, 6.07) is 7.29. The summed E-state index contributed by atoms with van der Waals surface area (Å²) in [5.41, 5.74) is 1.16. The molecule has 0 fully saturated rings. The molecule has 1 amide bonds. The first-order valence-corrected chi connectivity index (χ1v) is 5.30. The van der Waals surface area contributed by atoms with E-state index in [9.17, 15) is 4.79 Å². The van der Waals surface area contributed by atoms with Crippen molar-refractivity contribution in [3.8, 4) is 0 Å². The molecular weight excluding hydrogens is 307 g/mol. The van der Waals surface area contributed by atoms with E-state index in [1.165, 1.54) is 12.5 Å². The lowest BCUT2D eigenvalue weighted by atomic mass is 10.2. The quantitative estimate of drug-likeness (QED) is 0.867. The van der Waals surface area contributed by atoms with E-state index in [-0.39, 0.29) is 5.91 Å². The maximum absolute atomic E-state index is 11.6. The molecule has 0 atom stereocenters. The van der Waals surface area contributed by atoms with Gasteiger partial charge in [0.1, 0.15) is 12.0 Å². The van der Waals surface area contributed by atoms with Crippen LogP contribution in [0.3, 0.4) is 0 Å². The van der Waals surface area contributed by atoms with Crippen LogP contribution in [0.4, 0.5) is 5.69 Å². The Labute approximate surface area is 99.8 Å². The van der Waals surface area contributed by atoms with Gasteiger partial charge in [-0.15, -0.1) is 0 Å². The molecule has 0 saturated carbocycles. The van der Waals surface area contributed by atoms with Crippen LogP contribution in [-0.2, 0) is 0 Å². The molecule has 1 N–H and O–H groups in total. The van der Waals surface area contributed by atoms with Crippen LogP contribution >= 0.6 is 22.6 Å². The molecule has 0 bridgehead atoms. The third-order valence-corrected chi connectivity index (χ3v) is 2.52. The van der Waals surface area contributed by atoms with E-state index in [4.69, 9.17) is 0 Å². The molecule has 1 heterocycles. The normalized spacial score (nSPS) is 9.93. The van der Waals surface area contributed by atoms with E-state index >= 15 is 0 Å². The maximum atomic E-state index is 11.6. The first-order valence-electron chi connectivity index (χ1n) is 4.22. The monoisotopic (exact) mass is 314 g/mol. The molecule has 76 valence electrons. The van der Waals surface area contributed by atoms with Crippen LogP contribution in [0.1, 0.15) is 10.4 Å². The standard InChI is InChI=1S/C10H7IN2O2/c11-8-3-1-7(2-4-8)10(14)13-9-5-12-15-6-9/h1-6H,(H,13,14). The van der Waals surface area contributed by atoms with Crippen LogP contribution in [0, 0.1) is 3.57 Å². The molecule has 0 aliphatic rings. The van der Waals surface area contributed by atoms with Gasteiger partial charge >= 0.3 is 0 Å². The van der Waals surface area contributed by atoms with Crippen molar-refractivity contribution < 1.29 is 9.32 Å². The average molecular weight is 314 g/mol. The number of hydrogen-bond donors (Lipinski definition) is 1. The summed E-state index contributed by atoms with van der Waals surface area (Å²) in [4.78, 5) is 11.6. The minimum atomic E-state index is -0.172. The Morgan fingerprint density at radius 2 is 2.07 bits per heavy atom. The number of rotatable bonds is 2. The highest BCUT2D eigenvalue weighted by Crippen LogP contribution is 2.10. The maximum Gasteiger partial charge on any atom is 0.255 e. The van der Waals surface area contributed by atoms with E-state index in [1.807, 2.05) is 12.1 Å². The van der Waals surface area contributed by atoms with Crippen molar-refractivity contribution in [2.24, 2.45) is 0 Å². The zero-order valence-corrected chi connectivity index (χ0v) is 9.76. The van der Waals surface area contributed by atoms with Gasteiger partial charge in [-0.25, -0.2) is 0 Å². The minimum Gasteiger partial charge on any atom is -0.363 e. The molecule has 0 aliphatic carbocycles. The van der Waals surface area contributed by atoms with Crippen LogP contribution < -0.4 is 5.32 Å². The Bertz CT molecular complexity index is 451. The fraction of sp³-hybridized carbons (Fsp3) is 0. The van der Waals surface area contributed by atoms with Crippen LogP contribution in [0.25, 0.3) is 0 Å². The van der Waals surface area contributed by atoms with Crippen molar-refractivity contribution >= 4 is 34.2 Å². The second kappa shape index (κ2) is 4.43. The topological polar surface area (TPSA) is 55.1 Å². The van der Waals surface area contributed by atoms with Gasteiger partial charge < -0.3 is 9.84 Å². The summed E-state index contributed by atoms with van der Waals surface area (Å²) >= 11 is 2.19. The summed E-state index contributed by atoms with van der Waals surface area (Å²) < 4.78 is 5.70. The van der Waals surface area contributed by atoms with Gasteiger partial charge in [0.2, 0.25) is 0 Å². The lowest BCUT2D eigenvalue weighted by molar-refractivity contribution is 0.102. The summed E-state index contributed by atoms with van der Waals surface area (Å²) in [5.74, 6) is -0.172. The van der Waals surface area contributed by atoms with E-state index in [1.54, 1.807) is 12.1 Å². The number of halogens is 1. The molecule has 1 aromatic carbocycles. The number of aromatic nitrogens is 1. The highest BCUT2D eigenvalue weighted by molar-refractivity contribution is 14.1. The average Bonchev–Trinajstić information content (AvgIpc) is 2.71. The van der Waals surface area contributed by atoms with Gasteiger partial charge in [0.25, 0.3) is 5.91 Å². The van der Waals surface area contributed by atoms with Crippen molar-refractivity contribution in [2.45, 2.75) is 0 Å². The number of carbonyl (C=O) groups is 1. The lowest BCUT2D eigenvalue weighted by Crippen LogP contribution is -2.10. The van der Waals surface area contributed by atoms with Gasteiger partial charge in [-0.2, -0.15) is 0 Å².